The van der Waals surface area contributed by atoms with Gasteiger partial charge in [0.15, 0.2) is 5.84 Å². The molecule has 208 valence electrons. The SMILES string of the molecule is c1ccc(C2=NC(c3cccc4c3sc3ccccc34)=NC(c3ccc4oc5cc(-c6ccccc6)ccc5c4c3)N2)cc1. The molecule has 1 aliphatic heterocycles. The third-order valence-corrected chi connectivity index (χ3v) is 9.57. The lowest BCUT2D eigenvalue weighted by Gasteiger charge is -2.24. The molecule has 0 bridgehead atoms. The molecule has 5 heteroatoms. The van der Waals surface area contributed by atoms with Crippen molar-refractivity contribution in [1.29, 1.82) is 0 Å². The number of hydrogen-bond donors (Lipinski definition) is 1. The number of amidine groups is 2. The number of benzene rings is 6. The van der Waals surface area contributed by atoms with Gasteiger partial charge in [-0.15, -0.1) is 11.3 Å². The zero-order chi connectivity index (χ0) is 29.0. The fourth-order valence-electron chi connectivity index (χ4n) is 6.18. The van der Waals surface area contributed by atoms with Gasteiger partial charge in [0.25, 0.3) is 0 Å². The lowest BCUT2D eigenvalue weighted by Crippen LogP contribution is -2.33. The Hall–Kier alpha value is -5.52. The van der Waals surface area contributed by atoms with Crippen LogP contribution in [0.3, 0.4) is 0 Å². The molecule has 0 fully saturated rings. The van der Waals surface area contributed by atoms with Crippen LogP contribution in [-0.4, -0.2) is 11.7 Å². The van der Waals surface area contributed by atoms with Crippen LogP contribution in [-0.2, 0) is 0 Å². The summed E-state index contributed by atoms with van der Waals surface area (Å²) in [6.45, 7) is 0. The van der Waals surface area contributed by atoms with Crippen molar-refractivity contribution in [1.82, 2.24) is 5.32 Å². The second-order valence-corrected chi connectivity index (χ2v) is 12.1. The largest absolute Gasteiger partial charge is 0.456 e. The Morgan fingerprint density at radius 1 is 0.568 bits per heavy atom. The number of aliphatic imine (C=N–C) groups is 2. The summed E-state index contributed by atoms with van der Waals surface area (Å²) in [5, 5.41) is 8.30. The fourth-order valence-corrected chi connectivity index (χ4v) is 7.39. The zero-order valence-corrected chi connectivity index (χ0v) is 24.4. The average Bonchev–Trinajstić information content (AvgIpc) is 3.66. The Kier molecular flexibility index (Phi) is 5.71. The van der Waals surface area contributed by atoms with E-state index < -0.39 is 0 Å². The molecule has 0 saturated carbocycles. The van der Waals surface area contributed by atoms with Crippen LogP contribution in [0.25, 0.3) is 53.2 Å². The minimum atomic E-state index is -0.319. The van der Waals surface area contributed by atoms with Crippen LogP contribution in [0.4, 0.5) is 0 Å². The minimum Gasteiger partial charge on any atom is -0.456 e. The number of rotatable bonds is 4. The van der Waals surface area contributed by atoms with Crippen molar-refractivity contribution in [2.24, 2.45) is 9.98 Å². The molecule has 0 spiro atoms. The molecule has 0 radical (unpaired) electrons. The van der Waals surface area contributed by atoms with E-state index in [2.05, 4.69) is 121 Å². The molecule has 0 amide bonds. The van der Waals surface area contributed by atoms with Gasteiger partial charge in [-0.05, 0) is 53.1 Å². The number of nitrogens with zero attached hydrogens (tertiary/aromatic N) is 2. The quantitative estimate of drug-likeness (QED) is 0.224. The molecule has 3 heterocycles. The Morgan fingerprint density at radius 3 is 2.20 bits per heavy atom. The van der Waals surface area contributed by atoms with Crippen molar-refractivity contribution in [3.8, 4) is 11.1 Å². The van der Waals surface area contributed by atoms with E-state index in [1.54, 1.807) is 11.3 Å². The summed E-state index contributed by atoms with van der Waals surface area (Å²) < 4.78 is 8.80. The molecular formula is C39H25N3OS. The molecular weight excluding hydrogens is 559 g/mol. The summed E-state index contributed by atoms with van der Waals surface area (Å²) in [5.74, 6) is 1.54. The van der Waals surface area contributed by atoms with E-state index in [4.69, 9.17) is 14.4 Å². The Morgan fingerprint density at radius 2 is 1.34 bits per heavy atom. The standard InChI is InChI=1S/C39H25N3OS/c1-3-10-24(11-4-1)26-18-20-28-32-22-27(19-21-33(32)43-34(28)23-26)38-40-37(25-12-5-2-6-13-25)41-39(42-38)31-16-9-15-30-29-14-7-8-17-35(29)44-36(30)31/h1-23,38H,(H,40,41,42). The molecule has 1 aliphatic rings. The van der Waals surface area contributed by atoms with E-state index in [0.717, 1.165) is 55.9 Å². The maximum Gasteiger partial charge on any atom is 0.160 e. The summed E-state index contributed by atoms with van der Waals surface area (Å²) in [6.07, 6.45) is -0.319. The first-order valence-electron chi connectivity index (χ1n) is 14.7. The fraction of sp³-hybridized carbons (Fsp3) is 0.0256. The third-order valence-electron chi connectivity index (χ3n) is 8.35. The van der Waals surface area contributed by atoms with Crippen LogP contribution in [0.5, 0.6) is 0 Å². The first kappa shape index (κ1) is 25.0. The summed E-state index contributed by atoms with van der Waals surface area (Å²) in [6, 6.07) is 48.5. The molecule has 1 N–H and O–H groups in total. The van der Waals surface area contributed by atoms with Crippen molar-refractivity contribution in [2.45, 2.75) is 6.17 Å². The molecule has 2 aromatic heterocycles. The number of hydrogen-bond acceptors (Lipinski definition) is 5. The van der Waals surface area contributed by atoms with Crippen LogP contribution in [0.1, 0.15) is 22.9 Å². The Bertz CT molecular complexity index is 2420. The van der Waals surface area contributed by atoms with Gasteiger partial charge < -0.3 is 9.73 Å². The number of furan rings is 1. The van der Waals surface area contributed by atoms with Crippen LogP contribution in [0.2, 0.25) is 0 Å². The molecule has 4 nitrogen and oxygen atoms in total. The van der Waals surface area contributed by atoms with Gasteiger partial charge in [-0.3, -0.25) is 0 Å². The minimum absolute atomic E-state index is 0.319. The van der Waals surface area contributed by atoms with Gasteiger partial charge >= 0.3 is 0 Å². The highest BCUT2D eigenvalue weighted by molar-refractivity contribution is 7.26. The molecule has 6 aromatic carbocycles. The summed E-state index contributed by atoms with van der Waals surface area (Å²) >= 11 is 1.80. The van der Waals surface area contributed by atoms with Gasteiger partial charge in [-0.25, -0.2) is 9.98 Å². The topological polar surface area (TPSA) is 49.9 Å². The predicted octanol–water partition coefficient (Wildman–Crippen LogP) is 10.1. The van der Waals surface area contributed by atoms with E-state index in [0.29, 0.717) is 0 Å². The van der Waals surface area contributed by atoms with Crippen LogP contribution in [0.15, 0.2) is 154 Å². The van der Waals surface area contributed by atoms with E-state index in [-0.39, 0.29) is 6.17 Å². The zero-order valence-electron chi connectivity index (χ0n) is 23.6. The first-order chi connectivity index (χ1) is 21.8. The molecule has 8 aromatic rings. The molecule has 44 heavy (non-hydrogen) atoms. The lowest BCUT2D eigenvalue weighted by molar-refractivity contribution is 0.663. The van der Waals surface area contributed by atoms with Crippen molar-refractivity contribution < 1.29 is 4.42 Å². The first-order valence-corrected chi connectivity index (χ1v) is 15.5. The lowest BCUT2D eigenvalue weighted by atomic mass is 10.0. The number of fused-ring (bicyclic) bond motifs is 6. The van der Waals surface area contributed by atoms with Gasteiger partial charge in [0, 0.05) is 42.1 Å². The van der Waals surface area contributed by atoms with Crippen molar-refractivity contribution in [2.75, 3.05) is 0 Å². The Balaban J connectivity index is 1.18. The van der Waals surface area contributed by atoms with Gasteiger partial charge in [-0.1, -0.05) is 103 Å². The molecule has 9 rings (SSSR count). The van der Waals surface area contributed by atoms with Crippen LogP contribution >= 0.6 is 11.3 Å². The monoisotopic (exact) mass is 583 g/mol. The molecule has 1 atom stereocenters. The summed E-state index contributed by atoms with van der Waals surface area (Å²) in [5.41, 5.74) is 7.17. The summed E-state index contributed by atoms with van der Waals surface area (Å²) in [7, 11) is 0. The Labute approximate surface area is 257 Å². The smallest absolute Gasteiger partial charge is 0.160 e. The summed E-state index contributed by atoms with van der Waals surface area (Å²) in [4.78, 5) is 10.3. The van der Waals surface area contributed by atoms with Crippen LogP contribution < -0.4 is 5.32 Å². The normalized spacial score (nSPS) is 15.0. The van der Waals surface area contributed by atoms with E-state index in [1.165, 1.54) is 25.7 Å². The van der Waals surface area contributed by atoms with Gasteiger partial charge in [-0.2, -0.15) is 0 Å². The van der Waals surface area contributed by atoms with E-state index in [1.807, 2.05) is 24.3 Å². The van der Waals surface area contributed by atoms with Crippen molar-refractivity contribution >= 4 is 65.1 Å². The second kappa shape index (κ2) is 10.0. The predicted molar refractivity (Wildman–Crippen MR) is 184 cm³/mol. The highest BCUT2D eigenvalue weighted by Crippen LogP contribution is 2.38. The van der Waals surface area contributed by atoms with Gasteiger partial charge in [0.05, 0.1) is 0 Å². The molecule has 0 aliphatic carbocycles. The highest BCUT2D eigenvalue weighted by Gasteiger charge is 2.23. The molecule has 1 unspecified atom stereocenters. The molecule has 0 saturated heterocycles. The van der Waals surface area contributed by atoms with E-state index in [9.17, 15) is 0 Å². The average molecular weight is 584 g/mol. The van der Waals surface area contributed by atoms with Crippen molar-refractivity contribution in [3.05, 3.63) is 156 Å². The maximum atomic E-state index is 6.34. The van der Waals surface area contributed by atoms with Crippen LogP contribution in [0, 0.1) is 0 Å². The third kappa shape index (κ3) is 4.13. The second-order valence-electron chi connectivity index (χ2n) is 11.0. The number of thiophene rings is 1. The van der Waals surface area contributed by atoms with E-state index >= 15 is 0 Å². The van der Waals surface area contributed by atoms with Crippen molar-refractivity contribution in [3.63, 3.8) is 0 Å². The maximum absolute atomic E-state index is 6.34. The van der Waals surface area contributed by atoms with Gasteiger partial charge in [0.2, 0.25) is 0 Å². The van der Waals surface area contributed by atoms with Gasteiger partial charge in [0.1, 0.15) is 23.2 Å². The number of nitrogens with one attached hydrogen (secondary N) is 1. The highest BCUT2D eigenvalue weighted by atomic mass is 32.1.